The minimum Gasteiger partial charge on any atom is -0.272 e. The molecule has 0 spiro atoms. The molecule has 0 saturated heterocycles. The average molecular weight is 482 g/mol. The first-order chi connectivity index (χ1) is 14.5. The minimum absolute atomic E-state index is 0. The summed E-state index contributed by atoms with van der Waals surface area (Å²) in [4.78, 5) is 0. The summed E-state index contributed by atoms with van der Waals surface area (Å²) in [6, 6.07) is 0. The van der Waals surface area contributed by atoms with Gasteiger partial charge in [-0.1, -0.05) is 116 Å². The van der Waals surface area contributed by atoms with Crippen molar-refractivity contribution >= 4 is 7.05 Å². The quantitative estimate of drug-likeness (QED) is 0.0848. The molecule has 0 heterocycles. The summed E-state index contributed by atoms with van der Waals surface area (Å²) >= 11 is 0. The summed E-state index contributed by atoms with van der Waals surface area (Å²) < 4.78 is 5.51. The zero-order valence-electron chi connectivity index (χ0n) is 21.4. The van der Waals surface area contributed by atoms with E-state index in [0.717, 1.165) is 12.0 Å². The normalized spacial score (nSPS) is 12.5. The van der Waals surface area contributed by atoms with E-state index in [0.29, 0.717) is 0 Å². The molecule has 0 aromatic rings. The smallest absolute Gasteiger partial charge is 0.0425 e. The Morgan fingerprint density at radius 2 is 1.29 bits per heavy atom. The first-order valence-corrected chi connectivity index (χ1v) is 15.1. The van der Waals surface area contributed by atoms with Gasteiger partial charge in [0.05, 0.1) is 0 Å². The van der Waals surface area contributed by atoms with Gasteiger partial charge >= 0.3 is 0 Å². The van der Waals surface area contributed by atoms with Gasteiger partial charge in [0, 0.05) is 33.8 Å². The zero-order chi connectivity index (χ0) is 22.5. The fourth-order valence-electron chi connectivity index (χ4n) is 3.77. The number of rotatable bonds is 17. The molecule has 0 aromatic carbocycles. The van der Waals surface area contributed by atoms with Gasteiger partial charge in [0.15, 0.2) is 0 Å². The Bertz CT molecular complexity index is 521. The average Bonchev–Trinajstić information content (AvgIpc) is 3.25. The first kappa shape index (κ1) is 33.1. The molecule has 1 rings (SSSR count). The second-order valence-corrected chi connectivity index (χ2v) is 12.6. The summed E-state index contributed by atoms with van der Waals surface area (Å²) in [5.74, 6) is 0. The molecule has 0 aromatic heterocycles. The predicted octanol–water partition coefficient (Wildman–Crippen LogP) is 10.5. The van der Waals surface area contributed by atoms with Crippen molar-refractivity contribution in [1.82, 2.24) is 0 Å². The molecular formula is C28H52NPTi. The van der Waals surface area contributed by atoms with Crippen molar-refractivity contribution in [2.24, 2.45) is 4.74 Å². The fraction of sp³-hybridized carbons (Fsp3) is 0.714. The maximum absolute atomic E-state index is 5.51. The molecule has 0 unspecified atom stereocenters. The van der Waals surface area contributed by atoms with Crippen molar-refractivity contribution in [3.63, 3.8) is 0 Å². The number of unbranched alkanes of at least 4 members (excludes halogenated alkanes) is 9. The maximum Gasteiger partial charge on any atom is 0.0425 e. The van der Waals surface area contributed by atoms with Crippen LogP contribution in [0.15, 0.2) is 53.5 Å². The van der Waals surface area contributed by atoms with Crippen molar-refractivity contribution in [1.29, 1.82) is 0 Å². The summed E-state index contributed by atoms with van der Waals surface area (Å²) in [5, 5.41) is 0. The molecule has 0 aliphatic heterocycles. The van der Waals surface area contributed by atoms with Gasteiger partial charge in [0.1, 0.15) is 0 Å². The number of hydrogen-bond acceptors (Lipinski definition) is 1. The van der Waals surface area contributed by atoms with E-state index < -0.39 is 7.05 Å². The summed E-state index contributed by atoms with van der Waals surface area (Å²) in [6.45, 7) is 15.9. The van der Waals surface area contributed by atoms with Crippen LogP contribution in [0.3, 0.4) is 0 Å². The Morgan fingerprint density at radius 3 is 1.58 bits per heavy atom. The molecule has 0 saturated carbocycles. The molecule has 0 N–H and O–H groups in total. The van der Waals surface area contributed by atoms with E-state index in [4.69, 9.17) is 4.74 Å². The van der Waals surface area contributed by atoms with Crippen LogP contribution in [0.5, 0.6) is 0 Å². The fourth-order valence-corrected chi connectivity index (χ4v) is 7.87. The van der Waals surface area contributed by atoms with Crippen molar-refractivity contribution in [3.8, 4) is 0 Å². The second-order valence-electron chi connectivity index (χ2n) is 8.89. The number of nitrogens with zero attached hydrogens (tertiary/aromatic N) is 1. The van der Waals surface area contributed by atoms with Crippen LogP contribution in [-0.2, 0) is 21.7 Å². The Hall–Kier alpha value is -0.0957. The molecule has 0 amide bonds. The van der Waals surface area contributed by atoms with E-state index in [1.54, 1.807) is 6.08 Å². The van der Waals surface area contributed by atoms with E-state index in [9.17, 15) is 0 Å². The van der Waals surface area contributed by atoms with Gasteiger partial charge in [0.2, 0.25) is 0 Å². The van der Waals surface area contributed by atoms with Crippen LogP contribution in [0.25, 0.3) is 0 Å². The van der Waals surface area contributed by atoms with Crippen LogP contribution in [0.4, 0.5) is 0 Å². The van der Waals surface area contributed by atoms with Crippen LogP contribution in [0.1, 0.15) is 111 Å². The molecule has 178 valence electrons. The van der Waals surface area contributed by atoms with Crippen molar-refractivity contribution in [2.75, 3.05) is 18.5 Å². The molecule has 1 aliphatic rings. The molecule has 0 bridgehead atoms. The molecule has 1 aliphatic carbocycles. The van der Waals surface area contributed by atoms with E-state index in [1.165, 1.54) is 101 Å². The monoisotopic (exact) mass is 481 g/mol. The van der Waals surface area contributed by atoms with E-state index in [-0.39, 0.29) is 21.7 Å². The van der Waals surface area contributed by atoms with Gasteiger partial charge in [-0.3, -0.25) is 4.74 Å². The van der Waals surface area contributed by atoms with Crippen LogP contribution in [-0.4, -0.2) is 18.5 Å². The van der Waals surface area contributed by atoms with Gasteiger partial charge in [0.25, 0.3) is 0 Å². The van der Waals surface area contributed by atoms with Gasteiger partial charge in [-0.25, -0.2) is 0 Å². The molecule has 0 radical (unpaired) electrons. The summed E-state index contributed by atoms with van der Waals surface area (Å²) in [7, 11) is -1.15. The third kappa shape index (κ3) is 19.1. The summed E-state index contributed by atoms with van der Waals surface area (Å²) in [6.07, 6.45) is 30.5. The largest absolute Gasteiger partial charge is 0.272 e. The maximum atomic E-state index is 5.51. The Balaban J connectivity index is 0. The summed E-state index contributed by atoms with van der Waals surface area (Å²) in [5.41, 5.74) is 2.40. The van der Waals surface area contributed by atoms with Gasteiger partial charge < -0.3 is 0 Å². The standard InChI is InChI=1S/C23H44NP.C5H8.Ti/c1-4-7-10-15-20-25(21-16-11-8-5-2,22-17-12-9-6-3)24-23-18-13-14-19-23;1-4-5(2)3;/h13-14,18H,4-12,15-17,19-22H2,1-3H3;4H,1-2H2,3H3;. The molecule has 0 atom stereocenters. The van der Waals surface area contributed by atoms with Crippen LogP contribution >= 0.6 is 7.05 Å². The van der Waals surface area contributed by atoms with Crippen LogP contribution in [0.2, 0.25) is 0 Å². The second kappa shape index (κ2) is 23.1. The third-order valence-electron chi connectivity index (χ3n) is 5.72. The van der Waals surface area contributed by atoms with E-state index >= 15 is 0 Å². The molecule has 3 heteroatoms. The molecule has 0 fully saturated rings. The number of hydrogen-bond donors (Lipinski definition) is 0. The van der Waals surface area contributed by atoms with Gasteiger partial charge in [-0.05, 0) is 57.8 Å². The van der Waals surface area contributed by atoms with Crippen molar-refractivity contribution in [2.45, 2.75) is 111 Å². The third-order valence-corrected chi connectivity index (χ3v) is 9.85. The molecule has 31 heavy (non-hydrogen) atoms. The Kier molecular flexibility index (Phi) is 24.6. The SMILES string of the molecule is C=CC(=C)C.CCCCCCP(CCCCCC)(CCCCCC)=NC1=CC=CC1.[Ti]. The Labute approximate surface area is 211 Å². The zero-order valence-corrected chi connectivity index (χ0v) is 23.9. The number of allylic oxidation sites excluding steroid dienone is 5. The first-order valence-electron chi connectivity index (χ1n) is 12.8. The topological polar surface area (TPSA) is 12.4 Å². The van der Waals surface area contributed by atoms with Crippen LogP contribution in [0, 0.1) is 0 Å². The molecule has 1 nitrogen and oxygen atoms in total. The van der Waals surface area contributed by atoms with Gasteiger partial charge in [-0.15, -0.1) is 0 Å². The van der Waals surface area contributed by atoms with Crippen molar-refractivity contribution < 1.29 is 21.7 Å². The van der Waals surface area contributed by atoms with Crippen molar-refractivity contribution in [3.05, 3.63) is 48.7 Å². The minimum atomic E-state index is -1.15. The van der Waals surface area contributed by atoms with Gasteiger partial charge in [-0.2, -0.15) is 0 Å². The predicted molar refractivity (Wildman–Crippen MR) is 143 cm³/mol. The van der Waals surface area contributed by atoms with E-state index in [2.05, 4.69) is 52.2 Å². The van der Waals surface area contributed by atoms with Crippen LogP contribution < -0.4 is 0 Å². The van der Waals surface area contributed by atoms with E-state index in [1.807, 2.05) is 6.92 Å². The Morgan fingerprint density at radius 1 is 0.871 bits per heavy atom. The molecular weight excluding hydrogens is 429 g/mol.